The van der Waals surface area contributed by atoms with E-state index in [-0.39, 0.29) is 0 Å². The van der Waals surface area contributed by atoms with Gasteiger partial charge < -0.3 is 14.8 Å². The number of rotatable bonds is 7. The molecule has 0 fully saturated rings. The molecule has 1 aromatic carbocycles. The SMILES string of the molecule is CCCNCC(C)(C)CCc1ccc2c(c1)OCCCO2. The number of benzene rings is 1. The second kappa shape index (κ2) is 7.69. The lowest BCUT2D eigenvalue weighted by Crippen LogP contribution is -2.30. The van der Waals surface area contributed by atoms with Crippen molar-refractivity contribution in [3.05, 3.63) is 23.8 Å². The number of ether oxygens (including phenoxy) is 2. The third kappa shape index (κ3) is 5.24. The third-order valence-electron chi connectivity index (χ3n) is 3.93. The number of aryl methyl sites for hydroxylation is 1. The Morgan fingerprint density at radius 3 is 2.67 bits per heavy atom. The smallest absolute Gasteiger partial charge is 0.161 e. The lowest BCUT2D eigenvalue weighted by molar-refractivity contribution is 0.296. The zero-order valence-electron chi connectivity index (χ0n) is 13.7. The molecule has 1 aliphatic rings. The van der Waals surface area contributed by atoms with Crippen LogP contribution in [-0.4, -0.2) is 26.3 Å². The van der Waals surface area contributed by atoms with Gasteiger partial charge in [-0.15, -0.1) is 0 Å². The van der Waals surface area contributed by atoms with Gasteiger partial charge in [0.15, 0.2) is 11.5 Å². The summed E-state index contributed by atoms with van der Waals surface area (Å²) in [4.78, 5) is 0. The first kappa shape index (κ1) is 16.2. The summed E-state index contributed by atoms with van der Waals surface area (Å²) in [5, 5.41) is 3.53. The maximum Gasteiger partial charge on any atom is 0.161 e. The molecular formula is C18H29NO2. The Morgan fingerprint density at radius 1 is 1.14 bits per heavy atom. The van der Waals surface area contributed by atoms with Crippen molar-refractivity contribution in [2.45, 2.75) is 46.5 Å². The summed E-state index contributed by atoms with van der Waals surface area (Å²) < 4.78 is 11.4. The van der Waals surface area contributed by atoms with E-state index in [9.17, 15) is 0 Å². The molecule has 118 valence electrons. The molecule has 0 atom stereocenters. The monoisotopic (exact) mass is 291 g/mol. The molecule has 0 radical (unpaired) electrons. The van der Waals surface area contributed by atoms with E-state index in [0.29, 0.717) is 5.41 Å². The van der Waals surface area contributed by atoms with Crippen LogP contribution in [0.1, 0.15) is 45.6 Å². The van der Waals surface area contributed by atoms with Gasteiger partial charge in [0.25, 0.3) is 0 Å². The fourth-order valence-electron chi connectivity index (χ4n) is 2.54. The summed E-state index contributed by atoms with van der Waals surface area (Å²) in [6.45, 7) is 10.6. The van der Waals surface area contributed by atoms with Crippen LogP contribution < -0.4 is 14.8 Å². The summed E-state index contributed by atoms with van der Waals surface area (Å²) in [5.41, 5.74) is 1.65. The molecule has 1 N–H and O–H groups in total. The van der Waals surface area contributed by atoms with E-state index < -0.39 is 0 Å². The molecule has 2 rings (SSSR count). The minimum atomic E-state index is 0.319. The number of hydrogen-bond donors (Lipinski definition) is 1. The molecule has 0 amide bonds. The number of nitrogens with one attached hydrogen (secondary N) is 1. The van der Waals surface area contributed by atoms with Gasteiger partial charge in [-0.25, -0.2) is 0 Å². The fraction of sp³-hybridized carbons (Fsp3) is 0.667. The number of hydrogen-bond acceptors (Lipinski definition) is 3. The first-order valence-electron chi connectivity index (χ1n) is 8.20. The quantitative estimate of drug-likeness (QED) is 0.775. The molecule has 1 heterocycles. The Labute approximate surface area is 129 Å². The van der Waals surface area contributed by atoms with Gasteiger partial charge in [-0.3, -0.25) is 0 Å². The van der Waals surface area contributed by atoms with Crippen molar-refractivity contribution in [3.8, 4) is 11.5 Å². The first-order valence-corrected chi connectivity index (χ1v) is 8.20. The molecule has 0 bridgehead atoms. The molecule has 0 saturated carbocycles. The lowest BCUT2D eigenvalue weighted by atomic mass is 9.86. The van der Waals surface area contributed by atoms with Crippen LogP contribution >= 0.6 is 0 Å². The predicted octanol–water partition coefficient (Wildman–Crippen LogP) is 3.81. The molecule has 3 nitrogen and oxygen atoms in total. The van der Waals surface area contributed by atoms with E-state index in [0.717, 1.165) is 50.6 Å². The minimum absolute atomic E-state index is 0.319. The minimum Gasteiger partial charge on any atom is -0.490 e. The van der Waals surface area contributed by atoms with Crippen LogP contribution in [-0.2, 0) is 6.42 Å². The average molecular weight is 291 g/mol. The molecule has 0 saturated heterocycles. The summed E-state index contributed by atoms with van der Waals surface area (Å²) in [6, 6.07) is 6.37. The highest BCUT2D eigenvalue weighted by molar-refractivity contribution is 5.43. The predicted molar refractivity (Wildman–Crippen MR) is 87.3 cm³/mol. The highest BCUT2D eigenvalue weighted by Crippen LogP contribution is 2.32. The highest BCUT2D eigenvalue weighted by atomic mass is 16.5. The summed E-state index contributed by atoms with van der Waals surface area (Å²) in [6.07, 6.45) is 4.40. The fourth-order valence-corrected chi connectivity index (χ4v) is 2.54. The van der Waals surface area contributed by atoms with E-state index >= 15 is 0 Å². The molecule has 0 aliphatic carbocycles. The molecule has 3 heteroatoms. The van der Waals surface area contributed by atoms with Crippen molar-refractivity contribution in [1.29, 1.82) is 0 Å². The van der Waals surface area contributed by atoms with Gasteiger partial charge in [0.05, 0.1) is 13.2 Å². The Morgan fingerprint density at radius 2 is 1.90 bits per heavy atom. The molecule has 1 aliphatic heterocycles. The third-order valence-corrected chi connectivity index (χ3v) is 3.93. The molecular weight excluding hydrogens is 262 g/mol. The highest BCUT2D eigenvalue weighted by Gasteiger charge is 2.18. The van der Waals surface area contributed by atoms with Crippen LogP contribution in [0.4, 0.5) is 0 Å². The Hall–Kier alpha value is -1.22. The second-order valence-electron chi connectivity index (χ2n) is 6.67. The zero-order chi connectivity index (χ0) is 15.1. The van der Waals surface area contributed by atoms with Crippen molar-refractivity contribution in [3.63, 3.8) is 0 Å². The van der Waals surface area contributed by atoms with Crippen molar-refractivity contribution in [2.24, 2.45) is 5.41 Å². The Kier molecular flexibility index (Phi) is 5.92. The van der Waals surface area contributed by atoms with Gasteiger partial charge >= 0.3 is 0 Å². The second-order valence-corrected chi connectivity index (χ2v) is 6.67. The van der Waals surface area contributed by atoms with Crippen molar-refractivity contribution in [1.82, 2.24) is 5.32 Å². The topological polar surface area (TPSA) is 30.5 Å². The number of fused-ring (bicyclic) bond motifs is 1. The van der Waals surface area contributed by atoms with Gasteiger partial charge in [0.1, 0.15) is 0 Å². The van der Waals surface area contributed by atoms with Crippen molar-refractivity contribution >= 4 is 0 Å². The Balaban J connectivity index is 1.89. The largest absolute Gasteiger partial charge is 0.490 e. The first-order chi connectivity index (χ1) is 10.1. The molecule has 1 aromatic rings. The standard InChI is InChI=1S/C18H29NO2/c1-4-10-19-14-18(2,3)9-8-15-6-7-16-17(13-15)21-12-5-11-20-16/h6-7,13,19H,4-5,8-12,14H2,1-3H3. The van der Waals surface area contributed by atoms with Crippen LogP contribution in [0.3, 0.4) is 0 Å². The van der Waals surface area contributed by atoms with E-state index in [2.05, 4.69) is 44.3 Å². The summed E-state index contributed by atoms with van der Waals surface area (Å²) >= 11 is 0. The van der Waals surface area contributed by atoms with Crippen LogP contribution in [0.5, 0.6) is 11.5 Å². The zero-order valence-corrected chi connectivity index (χ0v) is 13.7. The van der Waals surface area contributed by atoms with E-state index in [1.54, 1.807) is 0 Å². The van der Waals surface area contributed by atoms with Crippen LogP contribution in [0.15, 0.2) is 18.2 Å². The summed E-state index contributed by atoms with van der Waals surface area (Å²) in [5.74, 6) is 1.80. The van der Waals surface area contributed by atoms with E-state index in [1.807, 2.05) is 0 Å². The van der Waals surface area contributed by atoms with Crippen LogP contribution in [0.25, 0.3) is 0 Å². The Bertz CT molecular complexity index is 443. The van der Waals surface area contributed by atoms with E-state index in [1.165, 1.54) is 18.4 Å². The summed E-state index contributed by atoms with van der Waals surface area (Å²) in [7, 11) is 0. The molecule has 0 aromatic heterocycles. The maximum atomic E-state index is 5.76. The van der Waals surface area contributed by atoms with E-state index in [4.69, 9.17) is 9.47 Å². The maximum absolute atomic E-state index is 5.76. The van der Waals surface area contributed by atoms with Crippen LogP contribution in [0, 0.1) is 5.41 Å². The van der Waals surface area contributed by atoms with Gasteiger partial charge in [-0.2, -0.15) is 0 Å². The molecule has 21 heavy (non-hydrogen) atoms. The molecule has 0 spiro atoms. The van der Waals surface area contributed by atoms with Gasteiger partial charge in [0.2, 0.25) is 0 Å². The van der Waals surface area contributed by atoms with Gasteiger partial charge in [-0.1, -0.05) is 26.8 Å². The van der Waals surface area contributed by atoms with Gasteiger partial charge in [0, 0.05) is 13.0 Å². The molecule has 0 unspecified atom stereocenters. The van der Waals surface area contributed by atoms with Crippen molar-refractivity contribution in [2.75, 3.05) is 26.3 Å². The van der Waals surface area contributed by atoms with Gasteiger partial charge in [-0.05, 0) is 48.9 Å². The lowest BCUT2D eigenvalue weighted by Gasteiger charge is -2.25. The van der Waals surface area contributed by atoms with Crippen LogP contribution in [0.2, 0.25) is 0 Å². The normalized spacial score (nSPS) is 14.8. The van der Waals surface area contributed by atoms with Crippen molar-refractivity contribution < 1.29 is 9.47 Å². The average Bonchev–Trinajstić information content (AvgIpc) is 2.70.